The molecule has 1 aliphatic rings. The number of rotatable bonds is 5. The predicted octanol–water partition coefficient (Wildman–Crippen LogP) is 0.0228. The number of esters is 1. The van der Waals surface area contributed by atoms with Gasteiger partial charge in [-0.3, -0.25) is 19.4 Å². The molecule has 0 unspecified atom stereocenters. The van der Waals surface area contributed by atoms with Gasteiger partial charge in [-0.05, 0) is 40.8 Å². The molecule has 204 valence electrons. The number of nitrogens with two attached hydrogens (primary N) is 1. The maximum Gasteiger partial charge on any atom is 0.327 e. The molecule has 0 bridgehead atoms. The van der Waals surface area contributed by atoms with Crippen molar-refractivity contribution >= 4 is 68.7 Å². The highest BCUT2D eigenvalue weighted by atomic mass is 127. The van der Waals surface area contributed by atoms with Gasteiger partial charge in [0.25, 0.3) is 5.91 Å². The summed E-state index contributed by atoms with van der Waals surface area (Å²) >= 11 is 2.09. The minimum atomic E-state index is -1.09. The minimum absolute atomic E-state index is 0.00819. The van der Waals surface area contributed by atoms with Gasteiger partial charge in [0.05, 0.1) is 48.7 Å². The molecule has 0 spiro atoms. The molecule has 18 heteroatoms. The molecule has 1 amide bonds. The number of ether oxygens (including phenoxy) is 1. The molecule has 1 aliphatic heterocycles. The van der Waals surface area contributed by atoms with Crippen LogP contribution in [0.25, 0.3) is 22.1 Å². The summed E-state index contributed by atoms with van der Waals surface area (Å²) in [6.45, 7) is 0.348. The van der Waals surface area contributed by atoms with E-state index in [4.69, 9.17) is 10.8 Å². The number of aromatic nitrogens is 10. The predicted molar refractivity (Wildman–Crippen MR) is 145 cm³/mol. The maximum absolute atomic E-state index is 11.1. The Kier molecular flexibility index (Phi) is 8.89. The summed E-state index contributed by atoms with van der Waals surface area (Å²) in [5.41, 5.74) is 8.00. The Morgan fingerprint density at radius 2 is 1.57 bits per heavy atom. The first-order valence-corrected chi connectivity index (χ1v) is 12.3. The number of methoxy groups -OCH3 is 1. The fraction of sp³-hybridized carbons (Fsp3) is 0.182. The number of hydrogen-bond donors (Lipinski definition) is 2. The average Bonchev–Trinajstić information content (AvgIpc) is 3.66. The summed E-state index contributed by atoms with van der Waals surface area (Å²) in [4.78, 5) is 36.8. The summed E-state index contributed by atoms with van der Waals surface area (Å²) in [6, 6.07) is 5.23. The van der Waals surface area contributed by atoms with Gasteiger partial charge in [0, 0.05) is 11.8 Å². The normalized spacial score (nSPS) is 11.2. The van der Waals surface area contributed by atoms with E-state index in [0.29, 0.717) is 17.6 Å². The van der Waals surface area contributed by atoms with Gasteiger partial charge in [-0.1, -0.05) is 0 Å². The molecule has 40 heavy (non-hydrogen) atoms. The van der Waals surface area contributed by atoms with Gasteiger partial charge >= 0.3 is 11.9 Å². The van der Waals surface area contributed by atoms with Crippen molar-refractivity contribution in [2.24, 2.45) is 10.7 Å². The molecular formula is C22H19IN12O5. The van der Waals surface area contributed by atoms with Crippen molar-refractivity contribution in [2.75, 3.05) is 7.11 Å². The number of carboxylic acid groups (broad SMARTS) is 1. The highest BCUT2D eigenvalue weighted by Crippen LogP contribution is 2.17. The molecule has 5 aromatic rings. The first-order chi connectivity index (χ1) is 19.3. The van der Waals surface area contributed by atoms with Gasteiger partial charge in [-0.15, -0.1) is 10.2 Å². The van der Waals surface area contributed by atoms with E-state index < -0.39 is 18.4 Å². The number of amides is 1. The van der Waals surface area contributed by atoms with Crippen molar-refractivity contribution in [3.8, 4) is 0 Å². The van der Waals surface area contributed by atoms with Crippen LogP contribution in [0.3, 0.4) is 0 Å². The number of carbonyl (C=O) groups excluding carboxylic acids is 2. The van der Waals surface area contributed by atoms with E-state index >= 15 is 0 Å². The molecule has 5 aromatic heterocycles. The van der Waals surface area contributed by atoms with Crippen molar-refractivity contribution in [1.82, 2.24) is 50.2 Å². The number of carbonyl (C=O) groups is 3. The van der Waals surface area contributed by atoms with Crippen LogP contribution in [0.1, 0.15) is 21.7 Å². The number of hydrogen-bond acceptors (Lipinski definition) is 13. The first kappa shape index (κ1) is 28.0. The average molecular weight is 658 g/mol. The Bertz CT molecular complexity index is 1730. The van der Waals surface area contributed by atoms with Crippen LogP contribution < -0.4 is 5.73 Å². The number of aliphatic carboxylic acids is 1. The Labute approximate surface area is 237 Å². The molecule has 0 saturated carbocycles. The lowest BCUT2D eigenvalue weighted by molar-refractivity contribution is -0.141. The number of halogens is 1. The third kappa shape index (κ3) is 6.51. The number of fused-ring (bicyclic) bond motifs is 3. The summed E-state index contributed by atoms with van der Waals surface area (Å²) in [7, 11) is 1.34. The Balaban J connectivity index is 0.000000144. The minimum Gasteiger partial charge on any atom is -0.480 e. The molecule has 0 atom stereocenters. The third-order valence-electron chi connectivity index (χ3n) is 5.13. The van der Waals surface area contributed by atoms with Crippen LogP contribution in [-0.4, -0.2) is 86.4 Å². The van der Waals surface area contributed by atoms with Crippen molar-refractivity contribution in [2.45, 2.75) is 19.6 Å². The van der Waals surface area contributed by atoms with Crippen molar-refractivity contribution in [3.05, 3.63) is 57.4 Å². The van der Waals surface area contributed by atoms with Crippen LogP contribution in [0.2, 0.25) is 0 Å². The van der Waals surface area contributed by atoms with E-state index in [1.165, 1.54) is 24.1 Å². The molecule has 17 nitrogen and oxygen atoms in total. The monoisotopic (exact) mass is 658 g/mol. The molecular weight excluding hydrogens is 639 g/mol. The summed E-state index contributed by atoms with van der Waals surface area (Å²) in [5.74, 6) is -2.19. The maximum atomic E-state index is 11.1. The second kappa shape index (κ2) is 12.7. The fourth-order valence-corrected chi connectivity index (χ4v) is 4.05. The van der Waals surface area contributed by atoms with Gasteiger partial charge < -0.3 is 15.6 Å². The van der Waals surface area contributed by atoms with Crippen molar-refractivity contribution < 1.29 is 24.2 Å². The van der Waals surface area contributed by atoms with Gasteiger partial charge in [0.15, 0.2) is 17.0 Å². The number of carboxylic acids is 1. The number of aliphatic imine (C=N–C) groups is 1. The smallest absolute Gasteiger partial charge is 0.327 e. The highest BCUT2D eigenvalue weighted by molar-refractivity contribution is 14.1. The van der Waals surface area contributed by atoms with Crippen molar-refractivity contribution in [1.29, 1.82) is 0 Å². The van der Waals surface area contributed by atoms with E-state index in [1.54, 1.807) is 12.4 Å². The van der Waals surface area contributed by atoms with Crippen LogP contribution in [0.15, 0.2) is 41.8 Å². The fourth-order valence-electron chi connectivity index (χ4n) is 3.36. The topological polar surface area (TPSA) is 232 Å². The number of nitrogens with zero attached hydrogens (tertiary/aromatic N) is 11. The van der Waals surface area contributed by atoms with Crippen molar-refractivity contribution in [3.63, 3.8) is 0 Å². The zero-order valence-corrected chi connectivity index (χ0v) is 22.8. The van der Waals surface area contributed by atoms with Gasteiger partial charge in [-0.25, -0.2) is 9.36 Å². The Morgan fingerprint density at radius 3 is 2.23 bits per heavy atom. The lowest BCUT2D eigenvalue weighted by Crippen LogP contribution is -2.14. The van der Waals surface area contributed by atoms with E-state index in [9.17, 15) is 14.4 Å². The molecule has 3 N–H and O–H groups in total. The SMILES string of the molecule is C1=NCc2nnccc21.COC(=O)Cn1nc(I)c2ccnnc21.NC(=O)c1nn(CC(=O)O)c2nnccc12. The second-order valence-electron chi connectivity index (χ2n) is 7.73. The molecule has 0 aliphatic carbocycles. The quantitative estimate of drug-likeness (QED) is 0.188. The van der Waals surface area contributed by atoms with Gasteiger partial charge in [-0.2, -0.15) is 30.6 Å². The third-order valence-corrected chi connectivity index (χ3v) is 5.92. The van der Waals surface area contributed by atoms with Gasteiger partial charge in [0.1, 0.15) is 16.8 Å². The van der Waals surface area contributed by atoms with E-state index in [-0.39, 0.29) is 23.9 Å². The van der Waals surface area contributed by atoms with Crippen LogP contribution in [-0.2, 0) is 34.0 Å². The number of primary amides is 1. The van der Waals surface area contributed by atoms with Crippen LogP contribution in [0.5, 0.6) is 0 Å². The molecule has 6 heterocycles. The summed E-state index contributed by atoms with van der Waals surface area (Å²) < 4.78 is 7.91. The Morgan fingerprint density at radius 1 is 0.950 bits per heavy atom. The lowest BCUT2D eigenvalue weighted by Gasteiger charge is -1.99. The molecule has 0 saturated heterocycles. The van der Waals surface area contributed by atoms with Crippen LogP contribution in [0.4, 0.5) is 0 Å². The summed E-state index contributed by atoms with van der Waals surface area (Å²) in [6.07, 6.45) is 6.47. The highest BCUT2D eigenvalue weighted by Gasteiger charge is 2.17. The molecule has 0 radical (unpaired) electrons. The largest absolute Gasteiger partial charge is 0.480 e. The van der Waals surface area contributed by atoms with E-state index in [2.05, 4.69) is 73.1 Å². The zero-order chi connectivity index (χ0) is 28.6. The van der Waals surface area contributed by atoms with Crippen LogP contribution >= 0.6 is 22.6 Å². The van der Waals surface area contributed by atoms with Gasteiger partial charge in [0.2, 0.25) is 0 Å². The second-order valence-corrected chi connectivity index (χ2v) is 8.75. The Hall–Kier alpha value is -5.01. The first-order valence-electron chi connectivity index (χ1n) is 11.2. The molecule has 6 rings (SSSR count). The lowest BCUT2D eigenvalue weighted by atomic mass is 10.3. The standard InChI is InChI=1S/C8H7IN4O2.C8H7N5O3.C6H5N3/c1-15-6(14)4-13-8-5(7(9)12-13)2-3-10-11-8;9-7(16)6-4-1-2-10-11-8(4)13(12-6)3-5(14)15;1-2-8-9-6-4-7-3-5(1)6/h2-3H,4H2,1H3;1-2H,3H2,(H2,9,16)(H,14,15);1-3H,4H2. The molecule has 0 aromatic carbocycles. The van der Waals surface area contributed by atoms with E-state index in [0.717, 1.165) is 25.0 Å². The zero-order valence-electron chi connectivity index (χ0n) is 20.6. The van der Waals surface area contributed by atoms with Crippen LogP contribution in [0, 0.1) is 3.70 Å². The molecule has 0 fully saturated rings. The summed E-state index contributed by atoms with van der Waals surface area (Å²) in [5, 5.41) is 40.5. The van der Waals surface area contributed by atoms with E-state index in [1.807, 2.05) is 18.3 Å².